The lowest BCUT2D eigenvalue weighted by molar-refractivity contribution is 0.258. The first-order valence-electron chi connectivity index (χ1n) is 4.17. The molecule has 1 aromatic heterocycles. The van der Waals surface area contributed by atoms with Gasteiger partial charge in [0.15, 0.2) is 11.6 Å². The van der Waals surface area contributed by atoms with E-state index in [-0.39, 0.29) is 12.4 Å². The standard InChI is InChI=1S/C11H8FO2/c12-10-5-1-2-6-11(10)14-8-9-4-3-7-13-9/h1-4,6-7H,8H2. The molecule has 0 unspecified atom stereocenters. The largest absolute Gasteiger partial charge is 0.483 e. The van der Waals surface area contributed by atoms with E-state index in [1.54, 1.807) is 30.5 Å². The summed E-state index contributed by atoms with van der Waals surface area (Å²) in [5.41, 5.74) is 0. The Bertz CT molecular complexity index is 395. The van der Waals surface area contributed by atoms with Crippen LogP contribution < -0.4 is 4.74 Å². The third-order valence-corrected chi connectivity index (χ3v) is 1.72. The van der Waals surface area contributed by atoms with Crippen molar-refractivity contribution in [1.29, 1.82) is 0 Å². The van der Waals surface area contributed by atoms with Gasteiger partial charge < -0.3 is 9.15 Å². The van der Waals surface area contributed by atoms with E-state index in [0.29, 0.717) is 5.76 Å². The van der Waals surface area contributed by atoms with Crippen LogP contribution in [-0.4, -0.2) is 0 Å². The maximum Gasteiger partial charge on any atom is 0.172 e. The maximum absolute atomic E-state index is 13.0. The predicted octanol–water partition coefficient (Wildman–Crippen LogP) is 2.80. The van der Waals surface area contributed by atoms with Crippen molar-refractivity contribution in [2.24, 2.45) is 0 Å². The molecule has 71 valence electrons. The van der Waals surface area contributed by atoms with Crippen molar-refractivity contribution in [3.05, 3.63) is 54.2 Å². The molecule has 0 amide bonds. The minimum absolute atomic E-state index is 0.184. The van der Waals surface area contributed by atoms with Crippen LogP contribution in [0.2, 0.25) is 0 Å². The van der Waals surface area contributed by atoms with Crippen molar-refractivity contribution >= 4 is 0 Å². The Morgan fingerprint density at radius 1 is 1.36 bits per heavy atom. The summed E-state index contributed by atoms with van der Waals surface area (Å²) in [5.74, 6) is 0.358. The first-order chi connectivity index (χ1) is 6.86. The lowest BCUT2D eigenvalue weighted by atomic mass is 10.3. The van der Waals surface area contributed by atoms with E-state index in [9.17, 15) is 4.39 Å². The number of furan rings is 1. The van der Waals surface area contributed by atoms with Crippen molar-refractivity contribution in [3.8, 4) is 5.75 Å². The van der Waals surface area contributed by atoms with Crippen LogP contribution in [0, 0.1) is 11.9 Å². The maximum atomic E-state index is 13.0. The topological polar surface area (TPSA) is 22.4 Å². The molecule has 2 nitrogen and oxygen atoms in total. The summed E-state index contributed by atoms with van der Waals surface area (Å²) in [4.78, 5) is 0. The van der Waals surface area contributed by atoms with Crippen LogP contribution in [-0.2, 0) is 6.61 Å². The third kappa shape index (κ3) is 1.93. The van der Waals surface area contributed by atoms with E-state index < -0.39 is 5.82 Å². The highest BCUT2D eigenvalue weighted by Gasteiger charge is 2.02. The van der Waals surface area contributed by atoms with Gasteiger partial charge in [0.2, 0.25) is 0 Å². The predicted molar refractivity (Wildman–Crippen MR) is 48.3 cm³/mol. The highest BCUT2D eigenvalue weighted by atomic mass is 19.1. The minimum Gasteiger partial charge on any atom is -0.483 e. The molecule has 0 saturated heterocycles. The molecule has 2 aromatic rings. The van der Waals surface area contributed by atoms with E-state index in [0.717, 1.165) is 0 Å². The number of hydrogen-bond acceptors (Lipinski definition) is 2. The lowest BCUT2D eigenvalue weighted by Crippen LogP contribution is -1.95. The molecule has 1 radical (unpaired) electrons. The molecule has 0 bridgehead atoms. The molecular weight excluding hydrogens is 183 g/mol. The van der Waals surface area contributed by atoms with E-state index in [4.69, 9.17) is 9.15 Å². The van der Waals surface area contributed by atoms with Crippen molar-refractivity contribution in [1.82, 2.24) is 0 Å². The van der Waals surface area contributed by atoms with Gasteiger partial charge in [-0.25, -0.2) is 4.39 Å². The Balaban J connectivity index is 2.02. The van der Waals surface area contributed by atoms with Gasteiger partial charge >= 0.3 is 0 Å². The monoisotopic (exact) mass is 191 g/mol. The Labute approximate surface area is 80.9 Å². The molecule has 0 saturated carbocycles. The number of ether oxygens (including phenoxy) is 1. The average Bonchev–Trinajstić information content (AvgIpc) is 2.69. The molecule has 3 heteroatoms. The Morgan fingerprint density at radius 3 is 3.00 bits per heavy atom. The SMILES string of the molecule is Fc1[c]cccc1OCc1ccco1. The smallest absolute Gasteiger partial charge is 0.172 e. The molecule has 0 N–H and O–H groups in total. The molecular formula is C11H8FO2. The fourth-order valence-corrected chi connectivity index (χ4v) is 1.06. The second kappa shape index (κ2) is 3.96. The van der Waals surface area contributed by atoms with E-state index in [1.807, 2.05) is 0 Å². The number of benzene rings is 1. The van der Waals surface area contributed by atoms with Gasteiger partial charge in [0, 0.05) is 6.07 Å². The Morgan fingerprint density at radius 2 is 2.29 bits per heavy atom. The summed E-state index contributed by atoms with van der Waals surface area (Å²) < 4.78 is 23.2. The van der Waals surface area contributed by atoms with Crippen molar-refractivity contribution in [2.45, 2.75) is 6.61 Å². The molecule has 0 spiro atoms. The second-order valence-electron chi connectivity index (χ2n) is 2.72. The average molecular weight is 191 g/mol. The van der Waals surface area contributed by atoms with Gasteiger partial charge in [0.25, 0.3) is 0 Å². The van der Waals surface area contributed by atoms with Crippen LogP contribution in [0.4, 0.5) is 4.39 Å². The van der Waals surface area contributed by atoms with Crippen LogP contribution >= 0.6 is 0 Å². The first-order valence-corrected chi connectivity index (χ1v) is 4.17. The van der Waals surface area contributed by atoms with Crippen LogP contribution in [0.3, 0.4) is 0 Å². The number of rotatable bonds is 3. The van der Waals surface area contributed by atoms with Crippen LogP contribution in [0.5, 0.6) is 5.75 Å². The molecule has 1 heterocycles. The zero-order valence-corrected chi connectivity index (χ0v) is 7.37. The summed E-state index contributed by atoms with van der Waals surface area (Å²) in [6, 6.07) is 10.6. The van der Waals surface area contributed by atoms with Gasteiger partial charge in [-0.3, -0.25) is 0 Å². The lowest BCUT2D eigenvalue weighted by Gasteiger charge is -2.03. The van der Waals surface area contributed by atoms with E-state index in [2.05, 4.69) is 6.07 Å². The highest BCUT2D eigenvalue weighted by Crippen LogP contribution is 2.16. The van der Waals surface area contributed by atoms with Gasteiger partial charge in [-0.15, -0.1) is 0 Å². The van der Waals surface area contributed by atoms with Crippen molar-refractivity contribution < 1.29 is 13.5 Å². The van der Waals surface area contributed by atoms with E-state index >= 15 is 0 Å². The molecule has 0 aliphatic heterocycles. The fraction of sp³-hybridized carbons (Fsp3) is 0.0909. The third-order valence-electron chi connectivity index (χ3n) is 1.72. The van der Waals surface area contributed by atoms with Gasteiger partial charge in [-0.1, -0.05) is 12.1 Å². The first kappa shape index (κ1) is 8.81. The minimum atomic E-state index is -0.487. The number of hydrogen-bond donors (Lipinski definition) is 0. The number of halogens is 1. The van der Waals surface area contributed by atoms with Crippen LogP contribution in [0.1, 0.15) is 5.76 Å². The molecule has 0 atom stereocenters. The molecule has 0 aliphatic carbocycles. The molecule has 1 aromatic carbocycles. The quantitative estimate of drug-likeness (QED) is 0.744. The fourth-order valence-electron chi connectivity index (χ4n) is 1.06. The molecule has 0 fully saturated rings. The molecule has 14 heavy (non-hydrogen) atoms. The summed E-state index contributed by atoms with van der Waals surface area (Å²) >= 11 is 0. The highest BCUT2D eigenvalue weighted by molar-refractivity contribution is 5.22. The van der Waals surface area contributed by atoms with Gasteiger partial charge in [-0.2, -0.15) is 0 Å². The van der Waals surface area contributed by atoms with Crippen LogP contribution in [0.15, 0.2) is 41.0 Å². The summed E-state index contributed by atoms with van der Waals surface area (Å²) in [7, 11) is 0. The van der Waals surface area contributed by atoms with Gasteiger partial charge in [0.1, 0.15) is 12.4 Å². The van der Waals surface area contributed by atoms with Crippen molar-refractivity contribution in [3.63, 3.8) is 0 Å². The Hall–Kier alpha value is -1.77. The zero-order chi connectivity index (χ0) is 9.80. The van der Waals surface area contributed by atoms with Crippen LogP contribution in [0.25, 0.3) is 0 Å². The Kier molecular flexibility index (Phi) is 2.49. The van der Waals surface area contributed by atoms with Gasteiger partial charge in [0.05, 0.1) is 6.26 Å². The normalized spacial score (nSPS) is 10.1. The molecule has 2 rings (SSSR count). The van der Waals surface area contributed by atoms with E-state index in [1.165, 1.54) is 6.07 Å². The summed E-state index contributed by atoms with van der Waals surface area (Å²) in [5, 5.41) is 0. The van der Waals surface area contributed by atoms with Crippen molar-refractivity contribution in [2.75, 3.05) is 0 Å². The van der Waals surface area contributed by atoms with Gasteiger partial charge in [-0.05, 0) is 18.2 Å². The summed E-state index contributed by atoms with van der Waals surface area (Å²) in [6.45, 7) is 0.224. The zero-order valence-electron chi connectivity index (χ0n) is 7.37. The second-order valence-corrected chi connectivity index (χ2v) is 2.72. The summed E-state index contributed by atoms with van der Waals surface area (Å²) in [6.07, 6.45) is 1.55. The molecule has 0 aliphatic rings.